The summed E-state index contributed by atoms with van der Waals surface area (Å²) in [7, 11) is 0. The Morgan fingerprint density at radius 2 is 1.57 bits per heavy atom. The fourth-order valence-corrected chi connectivity index (χ4v) is 3.70. The van der Waals surface area contributed by atoms with Gasteiger partial charge in [0.1, 0.15) is 0 Å². The Morgan fingerprint density at radius 1 is 0.893 bits per heavy atom. The molecule has 4 rings (SSSR count). The van der Waals surface area contributed by atoms with Gasteiger partial charge >= 0.3 is 0 Å². The van der Waals surface area contributed by atoms with Crippen LogP contribution in [0.3, 0.4) is 0 Å². The predicted octanol–water partition coefficient (Wildman–Crippen LogP) is 4.81. The zero-order chi connectivity index (χ0) is 19.3. The van der Waals surface area contributed by atoms with Crippen molar-refractivity contribution >= 4 is 17.3 Å². The molecule has 2 heterocycles. The van der Waals surface area contributed by atoms with Gasteiger partial charge in [0.05, 0.1) is 5.69 Å². The van der Waals surface area contributed by atoms with Crippen LogP contribution in [0, 0.1) is 6.92 Å². The van der Waals surface area contributed by atoms with Crippen molar-refractivity contribution in [1.29, 1.82) is 0 Å². The van der Waals surface area contributed by atoms with E-state index in [2.05, 4.69) is 27.4 Å². The van der Waals surface area contributed by atoms with Crippen molar-refractivity contribution in [2.24, 2.45) is 0 Å². The number of carbonyl (C=O) groups excluding carboxylic acids is 1. The van der Waals surface area contributed by atoms with E-state index in [9.17, 15) is 4.79 Å². The lowest BCUT2D eigenvalue weighted by molar-refractivity contribution is 0.102. The molecule has 1 saturated heterocycles. The first-order valence-electron chi connectivity index (χ1n) is 9.99. The van der Waals surface area contributed by atoms with Crippen molar-refractivity contribution < 1.29 is 4.79 Å². The third-order valence-electron chi connectivity index (χ3n) is 5.22. The molecule has 0 spiro atoms. The molecule has 1 fully saturated rings. The lowest BCUT2D eigenvalue weighted by Crippen LogP contribution is -2.23. The summed E-state index contributed by atoms with van der Waals surface area (Å²) < 4.78 is 1.79. The maximum absolute atomic E-state index is 12.6. The second-order valence-corrected chi connectivity index (χ2v) is 7.32. The molecule has 1 amide bonds. The molecule has 0 radical (unpaired) electrons. The van der Waals surface area contributed by atoms with Crippen molar-refractivity contribution in [3.05, 3.63) is 72.1 Å². The summed E-state index contributed by atoms with van der Waals surface area (Å²) >= 11 is 0. The monoisotopic (exact) mass is 374 g/mol. The molecule has 1 aliphatic rings. The topological polar surface area (TPSA) is 50.2 Å². The van der Waals surface area contributed by atoms with Crippen LogP contribution in [0.15, 0.2) is 60.7 Å². The smallest absolute Gasteiger partial charge is 0.276 e. The van der Waals surface area contributed by atoms with Crippen LogP contribution < -0.4 is 10.2 Å². The van der Waals surface area contributed by atoms with Crippen molar-refractivity contribution in [2.75, 3.05) is 23.3 Å². The van der Waals surface area contributed by atoms with Gasteiger partial charge < -0.3 is 10.2 Å². The van der Waals surface area contributed by atoms with Crippen LogP contribution in [0.4, 0.5) is 11.4 Å². The highest BCUT2D eigenvalue weighted by Crippen LogP contribution is 2.22. The molecular weight excluding hydrogens is 348 g/mol. The highest BCUT2D eigenvalue weighted by atomic mass is 16.1. The first-order valence-corrected chi connectivity index (χ1v) is 9.99. The second-order valence-electron chi connectivity index (χ2n) is 7.32. The molecule has 0 atom stereocenters. The maximum Gasteiger partial charge on any atom is 0.276 e. The van der Waals surface area contributed by atoms with Crippen molar-refractivity contribution in [1.82, 2.24) is 9.78 Å². The Morgan fingerprint density at radius 3 is 2.25 bits per heavy atom. The number of aryl methyl sites for hydroxylation is 1. The van der Waals surface area contributed by atoms with E-state index in [4.69, 9.17) is 0 Å². The number of rotatable bonds is 4. The predicted molar refractivity (Wildman–Crippen MR) is 113 cm³/mol. The van der Waals surface area contributed by atoms with Gasteiger partial charge in [0.2, 0.25) is 0 Å². The minimum absolute atomic E-state index is 0.194. The quantitative estimate of drug-likeness (QED) is 0.713. The summed E-state index contributed by atoms with van der Waals surface area (Å²) in [5.74, 6) is -0.194. The molecule has 3 aromatic rings. The van der Waals surface area contributed by atoms with Crippen LogP contribution in [-0.4, -0.2) is 28.8 Å². The third kappa shape index (κ3) is 4.09. The molecule has 1 N–H and O–H groups in total. The highest BCUT2D eigenvalue weighted by molar-refractivity contribution is 6.03. The number of nitrogens with zero attached hydrogens (tertiary/aromatic N) is 3. The van der Waals surface area contributed by atoms with E-state index >= 15 is 0 Å². The number of nitrogens with one attached hydrogen (secondary N) is 1. The Bertz CT molecular complexity index is 923. The van der Waals surface area contributed by atoms with E-state index in [1.54, 1.807) is 4.68 Å². The van der Waals surface area contributed by atoms with Crippen LogP contribution in [0.25, 0.3) is 5.69 Å². The zero-order valence-electron chi connectivity index (χ0n) is 16.3. The molecule has 5 nitrogen and oxygen atoms in total. The SMILES string of the molecule is Cc1cc(C(=O)Nc2ccc(N3CCCCCC3)cc2)nn1-c1ccccc1. The van der Waals surface area contributed by atoms with E-state index in [0.717, 1.165) is 30.2 Å². The highest BCUT2D eigenvalue weighted by Gasteiger charge is 2.14. The van der Waals surface area contributed by atoms with Crippen LogP contribution in [-0.2, 0) is 0 Å². The molecule has 5 heteroatoms. The van der Waals surface area contributed by atoms with Crippen molar-refractivity contribution in [3.8, 4) is 5.69 Å². The minimum atomic E-state index is -0.194. The molecular formula is C23H26N4O. The fraction of sp³-hybridized carbons (Fsp3) is 0.304. The average Bonchev–Trinajstić information content (AvgIpc) is 2.93. The number of amides is 1. The standard InChI is InChI=1S/C23H26N4O/c1-18-17-22(25-27(18)21-9-5-4-6-10-21)23(28)24-19-11-13-20(14-12-19)26-15-7-2-3-8-16-26/h4-6,9-14,17H,2-3,7-8,15-16H2,1H3,(H,24,28). The fourth-order valence-electron chi connectivity index (χ4n) is 3.70. The lowest BCUT2D eigenvalue weighted by atomic mass is 10.2. The molecule has 144 valence electrons. The van der Waals surface area contributed by atoms with E-state index in [-0.39, 0.29) is 5.91 Å². The van der Waals surface area contributed by atoms with Crippen LogP contribution in [0.1, 0.15) is 41.9 Å². The van der Waals surface area contributed by atoms with E-state index < -0.39 is 0 Å². The largest absolute Gasteiger partial charge is 0.372 e. The summed E-state index contributed by atoms with van der Waals surface area (Å²) in [4.78, 5) is 15.1. The number of carbonyl (C=O) groups is 1. The summed E-state index contributed by atoms with van der Waals surface area (Å²) in [6.45, 7) is 4.18. The van der Waals surface area contributed by atoms with Gasteiger partial charge in [0, 0.05) is 30.2 Å². The molecule has 1 aromatic heterocycles. The number of hydrogen-bond donors (Lipinski definition) is 1. The van der Waals surface area contributed by atoms with Crippen LogP contribution >= 0.6 is 0 Å². The summed E-state index contributed by atoms with van der Waals surface area (Å²) in [5, 5.41) is 7.43. The molecule has 28 heavy (non-hydrogen) atoms. The number of anilines is 2. The van der Waals surface area contributed by atoms with Gasteiger partial charge in [-0.3, -0.25) is 4.79 Å². The van der Waals surface area contributed by atoms with Gasteiger partial charge in [-0.25, -0.2) is 4.68 Å². The molecule has 1 aliphatic heterocycles. The van der Waals surface area contributed by atoms with Gasteiger partial charge in [-0.05, 0) is 62.2 Å². The zero-order valence-corrected chi connectivity index (χ0v) is 16.3. The number of para-hydroxylation sites is 1. The van der Waals surface area contributed by atoms with E-state index in [0.29, 0.717) is 5.69 Å². The molecule has 0 unspecified atom stereocenters. The number of hydrogen-bond acceptors (Lipinski definition) is 3. The third-order valence-corrected chi connectivity index (χ3v) is 5.22. The van der Waals surface area contributed by atoms with E-state index in [1.807, 2.05) is 55.5 Å². The van der Waals surface area contributed by atoms with E-state index in [1.165, 1.54) is 31.4 Å². The summed E-state index contributed by atoms with van der Waals surface area (Å²) in [6, 6.07) is 19.8. The molecule has 0 aliphatic carbocycles. The van der Waals surface area contributed by atoms with Gasteiger partial charge in [0.25, 0.3) is 5.91 Å². The summed E-state index contributed by atoms with van der Waals surface area (Å²) in [5.41, 5.74) is 4.30. The van der Waals surface area contributed by atoms with Crippen molar-refractivity contribution in [3.63, 3.8) is 0 Å². The average molecular weight is 374 g/mol. The first-order chi connectivity index (χ1) is 13.7. The number of benzene rings is 2. The molecule has 0 saturated carbocycles. The summed E-state index contributed by atoms with van der Waals surface area (Å²) in [6.07, 6.45) is 5.14. The van der Waals surface area contributed by atoms with Gasteiger partial charge in [-0.15, -0.1) is 0 Å². The second kappa shape index (κ2) is 8.30. The molecule has 2 aromatic carbocycles. The Kier molecular flexibility index (Phi) is 5.42. The first kappa shape index (κ1) is 18.3. The Labute approximate surface area is 166 Å². The van der Waals surface area contributed by atoms with Crippen LogP contribution in [0.5, 0.6) is 0 Å². The maximum atomic E-state index is 12.6. The normalized spacial score (nSPS) is 14.5. The van der Waals surface area contributed by atoms with Crippen molar-refractivity contribution in [2.45, 2.75) is 32.6 Å². The van der Waals surface area contributed by atoms with Crippen LogP contribution in [0.2, 0.25) is 0 Å². The van der Waals surface area contributed by atoms with Gasteiger partial charge in [0.15, 0.2) is 5.69 Å². The lowest BCUT2D eigenvalue weighted by Gasteiger charge is -2.22. The Balaban J connectivity index is 1.45. The minimum Gasteiger partial charge on any atom is -0.372 e. The van der Waals surface area contributed by atoms with Gasteiger partial charge in [-0.2, -0.15) is 5.10 Å². The number of aromatic nitrogens is 2. The Hall–Kier alpha value is -3.08. The van der Waals surface area contributed by atoms with Gasteiger partial charge in [-0.1, -0.05) is 31.0 Å². The molecule has 0 bridgehead atoms.